The fraction of sp³-hybridized carbons (Fsp3) is 0.652. The number of hydrogen-bond donors (Lipinski definition) is 0. The van der Waals surface area contributed by atoms with Crippen molar-refractivity contribution in [3.63, 3.8) is 0 Å². The summed E-state index contributed by atoms with van der Waals surface area (Å²) in [5.74, 6) is 1.67. The van der Waals surface area contributed by atoms with Gasteiger partial charge in [-0.1, -0.05) is 44.2 Å². The molecule has 3 rings (SSSR count). The van der Waals surface area contributed by atoms with E-state index >= 15 is 0 Å². The van der Waals surface area contributed by atoms with Crippen LogP contribution in [0, 0.1) is 5.92 Å². The molecule has 0 N–H and O–H groups in total. The molecule has 0 spiro atoms. The van der Waals surface area contributed by atoms with E-state index in [0.29, 0.717) is 12.5 Å². The van der Waals surface area contributed by atoms with Gasteiger partial charge in [-0.15, -0.1) is 11.8 Å². The Labute approximate surface area is 179 Å². The van der Waals surface area contributed by atoms with Crippen molar-refractivity contribution >= 4 is 23.6 Å². The molecule has 0 aromatic heterocycles. The summed E-state index contributed by atoms with van der Waals surface area (Å²) < 4.78 is 0. The maximum atomic E-state index is 13.1. The molecule has 1 unspecified atom stereocenters. The van der Waals surface area contributed by atoms with Crippen LogP contribution in [0.2, 0.25) is 0 Å². The first kappa shape index (κ1) is 22.2. The zero-order valence-electron chi connectivity index (χ0n) is 17.9. The van der Waals surface area contributed by atoms with Crippen molar-refractivity contribution in [2.45, 2.75) is 44.1 Å². The number of piperazine rings is 1. The van der Waals surface area contributed by atoms with E-state index in [1.807, 2.05) is 28.0 Å². The number of benzene rings is 1. The molecule has 0 bridgehead atoms. The molecule has 0 radical (unpaired) electrons. The standard InChI is InChI=1S/C23H35N3O2S/c1-19(2)22(29-18-20-9-5-3-6-10-20)23(28)26-15-13-24(14-16-26)17-21(27)25-11-7-4-8-12-25/h3,5-6,9-10,19,22H,4,7-8,11-18H2,1-2H3. The lowest BCUT2D eigenvalue weighted by Gasteiger charge is -2.37. The third kappa shape index (κ3) is 6.48. The average molecular weight is 418 g/mol. The van der Waals surface area contributed by atoms with Gasteiger partial charge >= 0.3 is 0 Å². The van der Waals surface area contributed by atoms with Gasteiger partial charge in [-0.25, -0.2) is 0 Å². The molecule has 6 heteroatoms. The molecule has 2 fully saturated rings. The minimum absolute atomic E-state index is 0.0169. The Kier molecular flexibility index (Phi) is 8.42. The van der Waals surface area contributed by atoms with Gasteiger partial charge < -0.3 is 9.80 Å². The van der Waals surface area contributed by atoms with E-state index in [9.17, 15) is 9.59 Å². The van der Waals surface area contributed by atoms with Gasteiger partial charge in [-0.2, -0.15) is 0 Å². The zero-order valence-corrected chi connectivity index (χ0v) is 18.7. The lowest BCUT2D eigenvalue weighted by Crippen LogP contribution is -2.54. The second-order valence-corrected chi connectivity index (χ2v) is 9.63. The number of amides is 2. The van der Waals surface area contributed by atoms with Crippen molar-refractivity contribution in [1.29, 1.82) is 0 Å². The van der Waals surface area contributed by atoms with E-state index in [2.05, 4.69) is 30.9 Å². The summed E-state index contributed by atoms with van der Waals surface area (Å²) in [5, 5.41) is -0.0169. The molecule has 1 aromatic rings. The molecule has 2 aliphatic rings. The van der Waals surface area contributed by atoms with Crippen LogP contribution in [0.15, 0.2) is 30.3 Å². The van der Waals surface area contributed by atoms with Crippen LogP contribution in [0.5, 0.6) is 0 Å². The van der Waals surface area contributed by atoms with Gasteiger partial charge in [0.2, 0.25) is 11.8 Å². The van der Waals surface area contributed by atoms with Crippen LogP contribution in [0.1, 0.15) is 38.7 Å². The van der Waals surface area contributed by atoms with E-state index in [-0.39, 0.29) is 17.1 Å². The number of carbonyl (C=O) groups excluding carboxylic acids is 2. The number of carbonyl (C=O) groups is 2. The first-order valence-electron chi connectivity index (χ1n) is 11.0. The number of nitrogens with zero attached hydrogens (tertiary/aromatic N) is 3. The Hall–Kier alpha value is -1.53. The van der Waals surface area contributed by atoms with Gasteiger partial charge in [-0.05, 0) is 30.7 Å². The molecule has 0 saturated carbocycles. The second-order valence-electron chi connectivity index (χ2n) is 8.50. The number of rotatable bonds is 7. The fourth-order valence-electron chi connectivity index (χ4n) is 4.05. The predicted octanol–water partition coefficient (Wildman–Crippen LogP) is 3.10. The highest BCUT2D eigenvalue weighted by molar-refractivity contribution is 7.99. The number of piperidine rings is 1. The Morgan fingerprint density at radius 2 is 1.55 bits per heavy atom. The van der Waals surface area contributed by atoms with Gasteiger partial charge in [0.1, 0.15) is 0 Å². The van der Waals surface area contributed by atoms with Crippen LogP contribution in [0.3, 0.4) is 0 Å². The quantitative estimate of drug-likeness (QED) is 0.684. The minimum atomic E-state index is -0.0169. The molecule has 0 aliphatic carbocycles. The molecule has 2 saturated heterocycles. The van der Waals surface area contributed by atoms with Crippen LogP contribution in [0.25, 0.3) is 0 Å². The van der Waals surface area contributed by atoms with E-state index in [0.717, 1.165) is 57.9 Å². The SMILES string of the molecule is CC(C)C(SCc1ccccc1)C(=O)N1CCN(CC(=O)N2CCCCC2)CC1. The van der Waals surface area contributed by atoms with E-state index in [1.165, 1.54) is 12.0 Å². The van der Waals surface area contributed by atoms with Crippen molar-refractivity contribution < 1.29 is 9.59 Å². The Bertz CT molecular complexity index is 653. The first-order chi connectivity index (χ1) is 14.0. The highest BCUT2D eigenvalue weighted by atomic mass is 32.2. The maximum absolute atomic E-state index is 13.1. The van der Waals surface area contributed by atoms with Crippen LogP contribution in [0.4, 0.5) is 0 Å². The van der Waals surface area contributed by atoms with Crippen molar-refractivity contribution in [3.05, 3.63) is 35.9 Å². The fourth-order valence-corrected chi connectivity index (χ4v) is 5.29. The molecule has 29 heavy (non-hydrogen) atoms. The topological polar surface area (TPSA) is 43.9 Å². The smallest absolute Gasteiger partial charge is 0.236 e. The molecule has 2 amide bonds. The summed E-state index contributed by atoms with van der Waals surface area (Å²) in [5.41, 5.74) is 1.26. The summed E-state index contributed by atoms with van der Waals surface area (Å²) >= 11 is 1.75. The molecule has 2 heterocycles. The van der Waals surface area contributed by atoms with Crippen molar-refractivity contribution in [2.75, 3.05) is 45.8 Å². The third-order valence-corrected chi connectivity index (χ3v) is 7.48. The first-order valence-corrected chi connectivity index (χ1v) is 12.0. The van der Waals surface area contributed by atoms with Crippen molar-refractivity contribution in [2.24, 2.45) is 5.92 Å². The van der Waals surface area contributed by atoms with E-state index in [4.69, 9.17) is 0 Å². The molecule has 2 aliphatic heterocycles. The summed E-state index contributed by atoms with van der Waals surface area (Å²) in [6.07, 6.45) is 3.50. The van der Waals surface area contributed by atoms with Crippen molar-refractivity contribution in [1.82, 2.24) is 14.7 Å². The molecule has 1 aromatic carbocycles. The van der Waals surface area contributed by atoms with Crippen LogP contribution >= 0.6 is 11.8 Å². The molecule has 1 atom stereocenters. The predicted molar refractivity (Wildman–Crippen MR) is 120 cm³/mol. The molecular weight excluding hydrogens is 382 g/mol. The van der Waals surface area contributed by atoms with Crippen molar-refractivity contribution in [3.8, 4) is 0 Å². The Balaban J connectivity index is 1.46. The van der Waals surface area contributed by atoms with Gasteiger partial charge in [0.05, 0.1) is 11.8 Å². The Morgan fingerprint density at radius 1 is 0.897 bits per heavy atom. The van der Waals surface area contributed by atoms with Crippen LogP contribution in [-0.2, 0) is 15.3 Å². The molecular formula is C23H35N3O2S. The average Bonchev–Trinajstić information content (AvgIpc) is 2.75. The van der Waals surface area contributed by atoms with Gasteiger partial charge in [0.15, 0.2) is 0 Å². The van der Waals surface area contributed by atoms with Gasteiger partial charge in [-0.3, -0.25) is 14.5 Å². The maximum Gasteiger partial charge on any atom is 0.236 e. The second kappa shape index (κ2) is 11.0. The number of hydrogen-bond acceptors (Lipinski definition) is 4. The highest BCUT2D eigenvalue weighted by Crippen LogP contribution is 2.26. The van der Waals surface area contributed by atoms with Gasteiger partial charge in [0.25, 0.3) is 0 Å². The highest BCUT2D eigenvalue weighted by Gasteiger charge is 2.30. The molecule has 160 valence electrons. The lowest BCUT2D eigenvalue weighted by atomic mass is 10.1. The zero-order chi connectivity index (χ0) is 20.6. The van der Waals surface area contributed by atoms with Crippen LogP contribution in [-0.4, -0.2) is 77.6 Å². The third-order valence-electron chi connectivity index (χ3n) is 5.87. The van der Waals surface area contributed by atoms with Gasteiger partial charge in [0, 0.05) is 45.0 Å². The summed E-state index contributed by atoms with van der Waals surface area (Å²) in [6.45, 7) is 9.61. The molecule has 5 nitrogen and oxygen atoms in total. The summed E-state index contributed by atoms with van der Waals surface area (Å²) in [6, 6.07) is 10.4. The van der Waals surface area contributed by atoms with E-state index < -0.39 is 0 Å². The normalized spacial score (nSPS) is 19.4. The summed E-state index contributed by atoms with van der Waals surface area (Å²) in [7, 11) is 0. The number of likely N-dealkylation sites (tertiary alicyclic amines) is 1. The number of thioether (sulfide) groups is 1. The monoisotopic (exact) mass is 417 g/mol. The minimum Gasteiger partial charge on any atom is -0.342 e. The Morgan fingerprint density at radius 3 is 2.17 bits per heavy atom. The summed E-state index contributed by atoms with van der Waals surface area (Å²) in [4.78, 5) is 31.9. The lowest BCUT2D eigenvalue weighted by molar-refractivity contribution is -0.135. The largest absolute Gasteiger partial charge is 0.342 e. The van der Waals surface area contributed by atoms with E-state index in [1.54, 1.807) is 11.8 Å². The van der Waals surface area contributed by atoms with Crippen LogP contribution < -0.4 is 0 Å².